The summed E-state index contributed by atoms with van der Waals surface area (Å²) in [6, 6.07) is 7.21. The van der Waals surface area contributed by atoms with Crippen molar-refractivity contribution < 1.29 is 19.1 Å². The van der Waals surface area contributed by atoms with Crippen molar-refractivity contribution in [3.05, 3.63) is 42.0 Å². The number of ether oxygens (including phenoxy) is 2. The number of allylic oxidation sites excluding steroid dienone is 1. The lowest BCUT2D eigenvalue weighted by molar-refractivity contribution is -0.139. The van der Waals surface area contributed by atoms with Gasteiger partial charge in [0.2, 0.25) is 0 Å². The molecule has 0 radical (unpaired) electrons. The van der Waals surface area contributed by atoms with Crippen LogP contribution in [0.25, 0.3) is 0 Å². The van der Waals surface area contributed by atoms with Crippen molar-refractivity contribution in [1.82, 2.24) is 0 Å². The van der Waals surface area contributed by atoms with Crippen LogP contribution in [-0.4, -0.2) is 17.5 Å². The zero-order valence-corrected chi connectivity index (χ0v) is 12.2. The number of rotatable bonds is 3. The van der Waals surface area contributed by atoms with Gasteiger partial charge in [-0.15, -0.1) is 0 Å². The Morgan fingerprint density at radius 3 is 2.57 bits per heavy atom. The van der Waals surface area contributed by atoms with E-state index in [1.165, 1.54) is 6.92 Å². The van der Waals surface area contributed by atoms with Crippen LogP contribution in [0.3, 0.4) is 0 Å². The van der Waals surface area contributed by atoms with Gasteiger partial charge in [-0.2, -0.15) is 0 Å². The Bertz CT molecular complexity index is 619. The minimum atomic E-state index is -1.04. The molecule has 1 aromatic rings. The van der Waals surface area contributed by atoms with Crippen LogP contribution < -0.4 is 4.74 Å². The predicted molar refractivity (Wildman–Crippen MR) is 77.1 cm³/mol. The lowest BCUT2D eigenvalue weighted by Crippen LogP contribution is -2.46. The molecule has 0 N–H and O–H groups in total. The predicted octanol–water partition coefficient (Wildman–Crippen LogP) is 3.43. The molecule has 0 amide bonds. The van der Waals surface area contributed by atoms with Crippen LogP contribution in [0.4, 0.5) is 4.79 Å². The first-order valence-electron chi connectivity index (χ1n) is 7.17. The third-order valence-electron chi connectivity index (χ3n) is 4.48. The summed E-state index contributed by atoms with van der Waals surface area (Å²) in [5, 5.41) is 0. The Balaban J connectivity index is 1.76. The molecule has 0 saturated heterocycles. The third kappa shape index (κ3) is 2.35. The van der Waals surface area contributed by atoms with Crippen LogP contribution in [0.5, 0.6) is 5.75 Å². The van der Waals surface area contributed by atoms with E-state index in [0.29, 0.717) is 18.1 Å². The number of fused-ring (bicyclic) bond motifs is 2. The molecular formula is C17H18O4. The Morgan fingerprint density at radius 1 is 1.24 bits per heavy atom. The Hall–Kier alpha value is -2.10. The number of aryl methyl sites for hydroxylation is 1. The number of hydrogen-bond donors (Lipinski definition) is 0. The fraction of sp³-hybridized carbons (Fsp3) is 0.412. The number of carbonyl (C=O) groups is 2. The molecule has 4 nitrogen and oxygen atoms in total. The largest absolute Gasteiger partial charge is 0.514 e. The SMILES string of the molecule is CC(=O)C1(OC(=O)Oc2ccccc2C)CC2C=CC1C2. The standard InChI is InChI=1S/C17H18O4/c1-11-5-3-4-6-15(11)20-16(19)21-17(12(2)18)10-13-7-8-14(17)9-13/h3-8,13-14H,9-10H2,1-2H3. The lowest BCUT2D eigenvalue weighted by Gasteiger charge is -2.31. The van der Waals surface area contributed by atoms with Crippen LogP contribution in [0.15, 0.2) is 36.4 Å². The van der Waals surface area contributed by atoms with Crippen LogP contribution in [0.2, 0.25) is 0 Å². The van der Waals surface area contributed by atoms with E-state index in [1.54, 1.807) is 12.1 Å². The monoisotopic (exact) mass is 286 g/mol. The van der Waals surface area contributed by atoms with Gasteiger partial charge in [-0.1, -0.05) is 30.4 Å². The smallest absolute Gasteiger partial charge is 0.419 e. The summed E-state index contributed by atoms with van der Waals surface area (Å²) in [5.74, 6) is 0.649. The van der Waals surface area contributed by atoms with Gasteiger partial charge in [0.25, 0.3) is 0 Å². The quantitative estimate of drug-likeness (QED) is 0.485. The normalized spacial score (nSPS) is 29.4. The van der Waals surface area contributed by atoms with Crippen LogP contribution in [-0.2, 0) is 9.53 Å². The molecular weight excluding hydrogens is 268 g/mol. The Morgan fingerprint density at radius 2 is 2.00 bits per heavy atom. The molecule has 2 aliphatic carbocycles. The summed E-state index contributed by atoms with van der Waals surface area (Å²) in [6.45, 7) is 3.33. The maximum atomic E-state index is 12.1. The number of para-hydroxylation sites is 1. The lowest BCUT2D eigenvalue weighted by atomic mass is 9.85. The molecule has 1 fully saturated rings. The molecule has 0 heterocycles. The Labute approximate surface area is 123 Å². The number of Topliss-reactive ketones (excluding diaryl/α,β-unsaturated/α-hetero) is 1. The van der Waals surface area contributed by atoms with E-state index in [4.69, 9.17) is 9.47 Å². The molecule has 0 aliphatic heterocycles. The van der Waals surface area contributed by atoms with Gasteiger partial charge in [0.05, 0.1) is 0 Å². The average molecular weight is 286 g/mol. The number of ketones is 1. The highest BCUT2D eigenvalue weighted by Crippen LogP contribution is 2.49. The summed E-state index contributed by atoms with van der Waals surface area (Å²) in [7, 11) is 0. The summed E-state index contributed by atoms with van der Waals surface area (Å²) >= 11 is 0. The van der Waals surface area contributed by atoms with Crippen molar-refractivity contribution in [2.75, 3.05) is 0 Å². The summed E-state index contributed by atoms with van der Waals surface area (Å²) < 4.78 is 10.7. The molecule has 2 aliphatic rings. The molecule has 1 aromatic carbocycles. The average Bonchev–Trinajstić information content (AvgIpc) is 3.02. The molecule has 4 heteroatoms. The second-order valence-electron chi connectivity index (χ2n) is 5.86. The van der Waals surface area contributed by atoms with Gasteiger partial charge in [0.1, 0.15) is 5.75 Å². The fourth-order valence-corrected chi connectivity index (χ4v) is 3.34. The van der Waals surface area contributed by atoms with Gasteiger partial charge >= 0.3 is 6.16 Å². The molecule has 3 rings (SSSR count). The molecule has 3 atom stereocenters. The molecule has 3 unspecified atom stereocenters. The van der Waals surface area contributed by atoms with Gasteiger partial charge < -0.3 is 9.47 Å². The highest BCUT2D eigenvalue weighted by atomic mass is 16.7. The molecule has 0 aromatic heterocycles. The van der Waals surface area contributed by atoms with Crippen LogP contribution in [0.1, 0.15) is 25.3 Å². The van der Waals surface area contributed by atoms with Crippen molar-refractivity contribution in [3.8, 4) is 5.75 Å². The van der Waals surface area contributed by atoms with E-state index in [2.05, 4.69) is 6.08 Å². The minimum absolute atomic E-state index is 0.0237. The van der Waals surface area contributed by atoms with Crippen LogP contribution >= 0.6 is 0 Å². The van der Waals surface area contributed by atoms with Crippen molar-refractivity contribution >= 4 is 11.9 Å². The van der Waals surface area contributed by atoms with Gasteiger partial charge in [-0.25, -0.2) is 4.79 Å². The van der Waals surface area contributed by atoms with Gasteiger partial charge in [0.15, 0.2) is 11.4 Å². The molecule has 21 heavy (non-hydrogen) atoms. The zero-order valence-electron chi connectivity index (χ0n) is 12.2. The van der Waals surface area contributed by atoms with E-state index in [1.807, 2.05) is 25.1 Å². The first-order chi connectivity index (χ1) is 10.0. The fourth-order valence-electron chi connectivity index (χ4n) is 3.34. The summed E-state index contributed by atoms with van der Waals surface area (Å²) in [6.07, 6.45) is 4.71. The van der Waals surface area contributed by atoms with E-state index in [0.717, 1.165) is 12.0 Å². The number of benzene rings is 1. The van der Waals surface area contributed by atoms with Gasteiger partial charge in [-0.3, -0.25) is 4.79 Å². The van der Waals surface area contributed by atoms with Crippen LogP contribution in [0, 0.1) is 18.8 Å². The maximum absolute atomic E-state index is 12.1. The molecule has 2 bridgehead atoms. The van der Waals surface area contributed by atoms with Crippen molar-refractivity contribution in [2.45, 2.75) is 32.3 Å². The summed E-state index contributed by atoms with van der Waals surface area (Å²) in [5.41, 5.74) is -0.196. The minimum Gasteiger partial charge on any atom is -0.419 e. The first-order valence-corrected chi connectivity index (χ1v) is 7.17. The van der Waals surface area contributed by atoms with E-state index >= 15 is 0 Å². The van der Waals surface area contributed by atoms with Crippen molar-refractivity contribution in [1.29, 1.82) is 0 Å². The maximum Gasteiger partial charge on any atom is 0.514 e. The third-order valence-corrected chi connectivity index (χ3v) is 4.48. The highest BCUT2D eigenvalue weighted by molar-refractivity contribution is 5.88. The second-order valence-corrected chi connectivity index (χ2v) is 5.86. The van der Waals surface area contributed by atoms with E-state index in [9.17, 15) is 9.59 Å². The van der Waals surface area contributed by atoms with E-state index in [-0.39, 0.29) is 11.7 Å². The number of hydrogen-bond acceptors (Lipinski definition) is 4. The van der Waals surface area contributed by atoms with E-state index < -0.39 is 11.8 Å². The summed E-state index contributed by atoms with van der Waals surface area (Å²) in [4.78, 5) is 24.1. The zero-order chi connectivity index (χ0) is 15.0. The Kier molecular flexibility index (Phi) is 3.32. The topological polar surface area (TPSA) is 52.6 Å². The van der Waals surface area contributed by atoms with Gasteiger partial charge in [0, 0.05) is 12.3 Å². The second kappa shape index (κ2) is 5.02. The molecule has 1 saturated carbocycles. The number of carbonyl (C=O) groups excluding carboxylic acids is 2. The molecule has 110 valence electrons. The molecule has 0 spiro atoms. The van der Waals surface area contributed by atoms with Gasteiger partial charge in [-0.05, 0) is 37.8 Å². The highest BCUT2D eigenvalue weighted by Gasteiger charge is 2.55. The van der Waals surface area contributed by atoms with Crippen molar-refractivity contribution in [2.24, 2.45) is 11.8 Å². The van der Waals surface area contributed by atoms with Crippen molar-refractivity contribution in [3.63, 3.8) is 0 Å². The first kappa shape index (κ1) is 13.9.